The van der Waals surface area contributed by atoms with E-state index in [1.54, 1.807) is 6.20 Å². The van der Waals surface area contributed by atoms with Gasteiger partial charge in [0.05, 0.1) is 0 Å². The number of carbonyl (C=O) groups is 1. The highest BCUT2D eigenvalue weighted by molar-refractivity contribution is 5.76. The molecule has 1 N–H and O–H groups in total. The van der Waals surface area contributed by atoms with E-state index in [1.165, 1.54) is 12.8 Å². The van der Waals surface area contributed by atoms with Crippen LogP contribution in [-0.4, -0.2) is 32.9 Å². The average molecular weight is 292 g/mol. The lowest BCUT2D eigenvalue weighted by atomic mass is 10.1. The van der Waals surface area contributed by atoms with E-state index in [4.69, 9.17) is 0 Å². The van der Waals surface area contributed by atoms with Crippen molar-refractivity contribution in [3.63, 3.8) is 0 Å². The van der Waals surface area contributed by atoms with Crippen LogP contribution in [0.15, 0.2) is 6.20 Å². The van der Waals surface area contributed by atoms with Crippen molar-refractivity contribution in [1.82, 2.24) is 14.9 Å². The predicted molar refractivity (Wildman–Crippen MR) is 85.9 cm³/mol. The van der Waals surface area contributed by atoms with Crippen molar-refractivity contribution < 1.29 is 4.79 Å². The zero-order valence-corrected chi connectivity index (χ0v) is 14.0. The Morgan fingerprint density at radius 3 is 2.33 bits per heavy atom. The summed E-state index contributed by atoms with van der Waals surface area (Å²) in [5, 5.41) is 0. The van der Waals surface area contributed by atoms with Crippen molar-refractivity contribution in [1.29, 1.82) is 0 Å². The molecule has 1 radical (unpaired) electrons. The van der Waals surface area contributed by atoms with Gasteiger partial charge in [0.1, 0.15) is 12.0 Å². The topological polar surface area (TPSA) is 49.0 Å². The van der Waals surface area contributed by atoms with Gasteiger partial charge in [-0.1, -0.05) is 19.3 Å². The molecule has 0 unspecified atom stereocenters. The first-order valence-corrected chi connectivity index (χ1v) is 8.24. The van der Waals surface area contributed by atoms with Gasteiger partial charge in [-0.15, -0.1) is 0 Å². The number of imidazole rings is 1. The third-order valence-corrected chi connectivity index (χ3v) is 3.71. The van der Waals surface area contributed by atoms with Gasteiger partial charge in [-0.3, -0.25) is 4.79 Å². The first kappa shape index (κ1) is 17.7. The number of rotatable bonds is 10. The fourth-order valence-corrected chi connectivity index (χ4v) is 2.79. The Bertz CT molecular complexity index is 377. The Hall–Kier alpha value is -1.32. The Morgan fingerprint density at radius 2 is 1.76 bits per heavy atom. The van der Waals surface area contributed by atoms with Gasteiger partial charge >= 0.3 is 0 Å². The van der Waals surface area contributed by atoms with E-state index in [-0.39, 0.29) is 0 Å². The highest BCUT2D eigenvalue weighted by Gasteiger charge is 2.18. The molecule has 1 rings (SSSR count). The maximum atomic E-state index is 12.2. The third kappa shape index (κ3) is 6.78. The molecule has 21 heavy (non-hydrogen) atoms. The number of hydrogen-bond donors (Lipinski definition) is 1. The summed E-state index contributed by atoms with van der Waals surface area (Å²) < 4.78 is 0. The number of aromatic amines is 1. The molecular weight excluding hydrogens is 262 g/mol. The summed E-state index contributed by atoms with van der Waals surface area (Å²) in [4.78, 5) is 21.3. The molecule has 1 amide bonds. The Morgan fingerprint density at radius 1 is 1.14 bits per heavy atom. The van der Waals surface area contributed by atoms with Gasteiger partial charge < -0.3 is 9.88 Å². The quantitative estimate of drug-likeness (QED) is 0.668. The Labute approximate surface area is 129 Å². The highest BCUT2D eigenvalue weighted by Crippen LogP contribution is 2.12. The van der Waals surface area contributed by atoms with E-state index in [9.17, 15) is 4.79 Å². The number of carbonyl (C=O) groups excluding carboxylic acids is 1. The molecule has 0 fully saturated rings. The van der Waals surface area contributed by atoms with Crippen LogP contribution < -0.4 is 0 Å². The lowest BCUT2D eigenvalue weighted by Crippen LogP contribution is -2.41. The molecule has 119 valence electrons. The molecule has 1 aromatic heterocycles. The van der Waals surface area contributed by atoms with Crippen LogP contribution >= 0.6 is 0 Å². The monoisotopic (exact) mass is 292 g/mol. The Kier molecular flexibility index (Phi) is 8.09. The SMILES string of the molecule is CC(C)N(C(=O)CCCCCCCc1n[c]c[nH]1)C(C)C. The molecule has 0 aliphatic heterocycles. The second-order valence-electron chi connectivity index (χ2n) is 6.23. The number of nitrogens with one attached hydrogen (secondary N) is 1. The summed E-state index contributed by atoms with van der Waals surface area (Å²) in [6.07, 6.45) is 11.9. The molecule has 0 aromatic carbocycles. The molecule has 0 aliphatic carbocycles. The third-order valence-electron chi connectivity index (χ3n) is 3.71. The summed E-state index contributed by atoms with van der Waals surface area (Å²) in [6.45, 7) is 8.35. The zero-order chi connectivity index (χ0) is 15.7. The van der Waals surface area contributed by atoms with Gasteiger partial charge in [0.15, 0.2) is 0 Å². The summed E-state index contributed by atoms with van der Waals surface area (Å²) in [7, 11) is 0. The van der Waals surface area contributed by atoms with Gasteiger partial charge in [0.25, 0.3) is 0 Å². The van der Waals surface area contributed by atoms with Crippen molar-refractivity contribution in [3.05, 3.63) is 18.2 Å². The number of hydrogen-bond acceptors (Lipinski definition) is 2. The standard InChI is InChI=1S/C17H30N3O/c1-14(2)20(15(3)4)17(21)11-9-7-5-6-8-10-16-18-12-13-19-16/h12,14-15H,5-11H2,1-4H3,(H,18,19). The Balaban J connectivity index is 2.06. The summed E-state index contributed by atoms with van der Waals surface area (Å²) in [5.41, 5.74) is 0. The van der Waals surface area contributed by atoms with E-state index >= 15 is 0 Å². The lowest BCUT2D eigenvalue weighted by Gasteiger charge is -2.30. The molecule has 1 heterocycles. The van der Waals surface area contributed by atoms with Crippen LogP contribution in [0, 0.1) is 6.20 Å². The van der Waals surface area contributed by atoms with Crippen LogP contribution in [0.1, 0.15) is 72.0 Å². The largest absolute Gasteiger partial charge is 0.348 e. The van der Waals surface area contributed by atoms with Crippen molar-refractivity contribution >= 4 is 5.91 Å². The number of unbranched alkanes of at least 4 members (excludes halogenated alkanes) is 4. The smallest absolute Gasteiger partial charge is 0.223 e. The molecule has 0 saturated carbocycles. The summed E-state index contributed by atoms with van der Waals surface area (Å²) >= 11 is 0. The number of aromatic nitrogens is 2. The molecule has 4 nitrogen and oxygen atoms in total. The normalized spacial score (nSPS) is 11.3. The highest BCUT2D eigenvalue weighted by atomic mass is 16.2. The van der Waals surface area contributed by atoms with E-state index in [0.717, 1.165) is 31.5 Å². The minimum Gasteiger partial charge on any atom is -0.348 e. The molecular formula is C17H30N3O. The fourth-order valence-electron chi connectivity index (χ4n) is 2.79. The van der Waals surface area contributed by atoms with E-state index in [1.807, 2.05) is 4.90 Å². The predicted octanol–water partition coefficient (Wildman–Crippen LogP) is 3.74. The van der Waals surface area contributed by atoms with Crippen LogP contribution in [0.3, 0.4) is 0 Å². The zero-order valence-electron chi connectivity index (χ0n) is 14.0. The van der Waals surface area contributed by atoms with Crippen molar-refractivity contribution in [2.45, 2.75) is 84.7 Å². The molecule has 0 bridgehead atoms. The summed E-state index contributed by atoms with van der Waals surface area (Å²) in [6, 6.07) is 0.588. The molecule has 0 aliphatic rings. The van der Waals surface area contributed by atoms with E-state index < -0.39 is 0 Å². The molecule has 0 atom stereocenters. The summed E-state index contributed by atoms with van der Waals surface area (Å²) in [5.74, 6) is 1.32. The maximum absolute atomic E-state index is 12.2. The molecule has 1 aromatic rings. The minimum atomic E-state index is 0.294. The number of nitrogens with zero attached hydrogens (tertiary/aromatic N) is 2. The van der Waals surface area contributed by atoms with Crippen LogP contribution in [0.25, 0.3) is 0 Å². The molecule has 4 heteroatoms. The molecule has 0 saturated heterocycles. The van der Waals surface area contributed by atoms with Crippen molar-refractivity contribution in [2.75, 3.05) is 0 Å². The van der Waals surface area contributed by atoms with Crippen LogP contribution in [0.4, 0.5) is 0 Å². The first-order chi connectivity index (χ1) is 10.0. The van der Waals surface area contributed by atoms with Crippen LogP contribution in [0.5, 0.6) is 0 Å². The molecule has 0 spiro atoms. The van der Waals surface area contributed by atoms with E-state index in [0.29, 0.717) is 24.4 Å². The van der Waals surface area contributed by atoms with Gasteiger partial charge in [-0.2, -0.15) is 0 Å². The van der Waals surface area contributed by atoms with Gasteiger partial charge in [0.2, 0.25) is 5.91 Å². The van der Waals surface area contributed by atoms with Crippen LogP contribution in [-0.2, 0) is 11.2 Å². The number of H-pyrrole nitrogens is 1. The van der Waals surface area contributed by atoms with Crippen molar-refractivity contribution in [2.24, 2.45) is 0 Å². The minimum absolute atomic E-state index is 0.294. The van der Waals surface area contributed by atoms with Gasteiger partial charge in [0, 0.05) is 31.1 Å². The van der Waals surface area contributed by atoms with Gasteiger partial charge in [-0.05, 0) is 40.5 Å². The number of amides is 1. The average Bonchev–Trinajstić information content (AvgIpc) is 2.89. The second-order valence-corrected chi connectivity index (χ2v) is 6.23. The van der Waals surface area contributed by atoms with Gasteiger partial charge in [-0.25, -0.2) is 4.98 Å². The lowest BCUT2D eigenvalue weighted by molar-refractivity contribution is -0.134. The van der Waals surface area contributed by atoms with Crippen molar-refractivity contribution in [3.8, 4) is 0 Å². The fraction of sp³-hybridized carbons (Fsp3) is 0.765. The van der Waals surface area contributed by atoms with E-state index in [2.05, 4.69) is 43.9 Å². The number of aryl methyl sites for hydroxylation is 1. The second kappa shape index (κ2) is 9.59. The van der Waals surface area contributed by atoms with Crippen LogP contribution in [0.2, 0.25) is 0 Å². The first-order valence-electron chi connectivity index (χ1n) is 8.24. The maximum Gasteiger partial charge on any atom is 0.223 e.